The summed E-state index contributed by atoms with van der Waals surface area (Å²) in [5.41, 5.74) is 2.06. The summed E-state index contributed by atoms with van der Waals surface area (Å²) in [5, 5.41) is 4.74. The number of nitrogens with one attached hydrogen (secondary N) is 1. The highest BCUT2D eigenvalue weighted by molar-refractivity contribution is 6.88. The fourth-order valence-corrected chi connectivity index (χ4v) is 3.26. The fourth-order valence-electron chi connectivity index (χ4n) is 2.10. The molecule has 112 valence electrons. The van der Waals surface area contributed by atoms with Gasteiger partial charge >= 0.3 is 0 Å². The number of benzene rings is 2. The van der Waals surface area contributed by atoms with E-state index in [1.54, 1.807) is 12.1 Å². The number of hydrogen-bond donors (Lipinski definition) is 1. The first kappa shape index (κ1) is 15.6. The zero-order valence-corrected chi connectivity index (χ0v) is 14.0. The Bertz CT molecular complexity index is 605. The molecule has 0 spiro atoms. The summed E-state index contributed by atoms with van der Waals surface area (Å²) in [4.78, 5) is 0. The van der Waals surface area contributed by atoms with Crippen LogP contribution in [0.1, 0.15) is 5.56 Å². The van der Waals surface area contributed by atoms with Crippen LogP contribution in [0.2, 0.25) is 19.6 Å². The SMILES string of the molecule is COc1cc(NCc2ccc([Si](C)(C)C)cc2)ccc1F. The van der Waals surface area contributed by atoms with E-state index in [1.807, 2.05) is 0 Å². The second kappa shape index (κ2) is 6.31. The first-order chi connectivity index (χ1) is 9.90. The summed E-state index contributed by atoms with van der Waals surface area (Å²) in [6.07, 6.45) is 0. The molecule has 0 aromatic heterocycles. The molecule has 1 N–H and O–H groups in total. The first-order valence-electron chi connectivity index (χ1n) is 7.07. The molecule has 2 nitrogen and oxygen atoms in total. The third-order valence-electron chi connectivity index (χ3n) is 3.47. The summed E-state index contributed by atoms with van der Waals surface area (Å²) >= 11 is 0. The zero-order valence-electron chi connectivity index (χ0n) is 13.0. The molecule has 0 bridgehead atoms. The predicted molar refractivity (Wildman–Crippen MR) is 89.7 cm³/mol. The molecule has 0 saturated carbocycles. The van der Waals surface area contributed by atoms with Crippen molar-refractivity contribution >= 4 is 18.9 Å². The fraction of sp³-hybridized carbons (Fsp3) is 0.294. The molecule has 4 heteroatoms. The van der Waals surface area contributed by atoms with Crippen LogP contribution >= 0.6 is 0 Å². The molecule has 0 aliphatic rings. The number of hydrogen-bond acceptors (Lipinski definition) is 2. The van der Waals surface area contributed by atoms with Gasteiger partial charge in [0, 0.05) is 18.3 Å². The lowest BCUT2D eigenvalue weighted by molar-refractivity contribution is 0.387. The summed E-state index contributed by atoms with van der Waals surface area (Å²) < 4.78 is 18.3. The Morgan fingerprint density at radius 3 is 2.29 bits per heavy atom. The topological polar surface area (TPSA) is 21.3 Å². The van der Waals surface area contributed by atoms with Gasteiger partial charge in [0.05, 0.1) is 15.2 Å². The van der Waals surface area contributed by atoms with E-state index in [2.05, 4.69) is 49.2 Å². The van der Waals surface area contributed by atoms with Crippen molar-refractivity contribution in [3.8, 4) is 5.75 Å². The zero-order chi connectivity index (χ0) is 15.5. The Kier molecular flexibility index (Phi) is 4.68. The Labute approximate surface area is 127 Å². The van der Waals surface area contributed by atoms with Crippen LogP contribution in [-0.2, 0) is 6.54 Å². The summed E-state index contributed by atoms with van der Waals surface area (Å²) in [5.74, 6) is -0.0865. The third-order valence-corrected chi connectivity index (χ3v) is 5.53. The monoisotopic (exact) mass is 303 g/mol. The minimum Gasteiger partial charge on any atom is -0.494 e. The van der Waals surface area contributed by atoms with Crippen LogP contribution in [0.3, 0.4) is 0 Å². The number of halogens is 1. The van der Waals surface area contributed by atoms with Crippen LogP contribution in [0.5, 0.6) is 5.75 Å². The van der Waals surface area contributed by atoms with Gasteiger partial charge in [0.15, 0.2) is 11.6 Å². The van der Waals surface area contributed by atoms with Gasteiger partial charge < -0.3 is 10.1 Å². The van der Waals surface area contributed by atoms with Gasteiger partial charge in [0.25, 0.3) is 0 Å². The molecule has 0 aliphatic carbocycles. The van der Waals surface area contributed by atoms with E-state index in [9.17, 15) is 4.39 Å². The van der Waals surface area contributed by atoms with Gasteiger partial charge in [-0.25, -0.2) is 4.39 Å². The lowest BCUT2D eigenvalue weighted by Crippen LogP contribution is -2.37. The highest BCUT2D eigenvalue weighted by Crippen LogP contribution is 2.21. The molecule has 0 atom stereocenters. The number of rotatable bonds is 5. The lowest BCUT2D eigenvalue weighted by Gasteiger charge is -2.17. The first-order valence-corrected chi connectivity index (χ1v) is 10.6. The van der Waals surface area contributed by atoms with Crippen LogP contribution in [0.4, 0.5) is 10.1 Å². The molecule has 0 radical (unpaired) electrons. The summed E-state index contributed by atoms with van der Waals surface area (Å²) in [7, 11) is 0.229. The normalized spacial score (nSPS) is 11.3. The van der Waals surface area contributed by atoms with E-state index in [1.165, 1.54) is 23.9 Å². The van der Waals surface area contributed by atoms with E-state index in [0.717, 1.165) is 5.69 Å². The quantitative estimate of drug-likeness (QED) is 0.843. The van der Waals surface area contributed by atoms with E-state index in [-0.39, 0.29) is 11.6 Å². The van der Waals surface area contributed by atoms with Gasteiger partial charge in [-0.1, -0.05) is 49.1 Å². The van der Waals surface area contributed by atoms with Crippen LogP contribution in [-0.4, -0.2) is 15.2 Å². The molecular weight excluding hydrogens is 281 g/mol. The van der Waals surface area contributed by atoms with Crippen molar-refractivity contribution in [2.45, 2.75) is 26.2 Å². The summed E-state index contributed by atoms with van der Waals surface area (Å²) in [6, 6.07) is 13.5. The highest BCUT2D eigenvalue weighted by atomic mass is 28.3. The van der Waals surface area contributed by atoms with E-state index in [0.29, 0.717) is 6.54 Å². The largest absolute Gasteiger partial charge is 0.494 e. The molecule has 0 aliphatic heterocycles. The average Bonchev–Trinajstić information content (AvgIpc) is 2.46. The van der Waals surface area contributed by atoms with Crippen LogP contribution in [0.15, 0.2) is 42.5 Å². The van der Waals surface area contributed by atoms with Gasteiger partial charge in [-0.15, -0.1) is 0 Å². The molecule has 0 saturated heterocycles. The maximum atomic E-state index is 13.3. The molecule has 0 unspecified atom stereocenters. The van der Waals surface area contributed by atoms with Crippen molar-refractivity contribution in [1.29, 1.82) is 0 Å². The van der Waals surface area contributed by atoms with Crippen molar-refractivity contribution in [3.05, 3.63) is 53.8 Å². The van der Waals surface area contributed by atoms with Gasteiger partial charge in [-0.2, -0.15) is 0 Å². The standard InChI is InChI=1S/C17H22FNOSi/c1-20-17-11-14(7-10-16(17)18)19-12-13-5-8-15(9-6-13)21(2,3)4/h5-11,19H,12H2,1-4H3. The van der Waals surface area contributed by atoms with E-state index < -0.39 is 8.07 Å². The Morgan fingerprint density at radius 2 is 1.71 bits per heavy atom. The second-order valence-corrected chi connectivity index (χ2v) is 11.2. The molecule has 2 aromatic rings. The molecule has 2 aromatic carbocycles. The van der Waals surface area contributed by atoms with Crippen molar-refractivity contribution in [1.82, 2.24) is 0 Å². The molecule has 2 rings (SSSR count). The average molecular weight is 303 g/mol. The van der Waals surface area contributed by atoms with Gasteiger partial charge in [-0.05, 0) is 17.7 Å². The molecular formula is C17H22FNOSi. The van der Waals surface area contributed by atoms with Crippen LogP contribution < -0.4 is 15.2 Å². The predicted octanol–water partition coefficient (Wildman–Crippen LogP) is 3.99. The minimum atomic E-state index is -1.24. The van der Waals surface area contributed by atoms with Gasteiger partial charge in [0.1, 0.15) is 0 Å². The summed E-state index contributed by atoms with van der Waals surface area (Å²) in [6.45, 7) is 7.72. The smallest absolute Gasteiger partial charge is 0.165 e. The van der Waals surface area contributed by atoms with Gasteiger partial charge in [-0.3, -0.25) is 0 Å². The lowest BCUT2D eigenvalue weighted by atomic mass is 10.2. The highest BCUT2D eigenvalue weighted by Gasteiger charge is 2.15. The number of anilines is 1. The number of ether oxygens (including phenoxy) is 1. The minimum absolute atomic E-state index is 0.258. The van der Waals surface area contributed by atoms with Gasteiger partial charge in [0.2, 0.25) is 0 Å². The Hall–Kier alpha value is -1.81. The van der Waals surface area contributed by atoms with Crippen molar-refractivity contribution in [2.24, 2.45) is 0 Å². The Balaban J connectivity index is 2.03. The maximum Gasteiger partial charge on any atom is 0.165 e. The van der Waals surface area contributed by atoms with Crippen molar-refractivity contribution < 1.29 is 9.13 Å². The maximum absolute atomic E-state index is 13.3. The molecule has 0 fully saturated rings. The van der Waals surface area contributed by atoms with Crippen molar-refractivity contribution in [2.75, 3.05) is 12.4 Å². The van der Waals surface area contributed by atoms with Crippen LogP contribution in [0, 0.1) is 5.82 Å². The molecule has 0 amide bonds. The van der Waals surface area contributed by atoms with Crippen LogP contribution in [0.25, 0.3) is 0 Å². The number of methoxy groups -OCH3 is 1. The Morgan fingerprint density at radius 1 is 1.05 bits per heavy atom. The van der Waals surface area contributed by atoms with Crippen molar-refractivity contribution in [3.63, 3.8) is 0 Å². The van der Waals surface area contributed by atoms with E-state index in [4.69, 9.17) is 4.74 Å². The molecule has 21 heavy (non-hydrogen) atoms. The molecule has 0 heterocycles. The third kappa shape index (κ3) is 4.08. The van der Waals surface area contributed by atoms with E-state index >= 15 is 0 Å². The second-order valence-electron chi connectivity index (χ2n) is 6.15.